The van der Waals surface area contributed by atoms with Crippen LogP contribution >= 0.6 is 0 Å². The smallest absolute Gasteiger partial charge is 0.249 e. The summed E-state index contributed by atoms with van der Waals surface area (Å²) in [7, 11) is 1.59. The minimum absolute atomic E-state index is 0.0591. The third-order valence-corrected chi connectivity index (χ3v) is 7.74. The Kier molecular flexibility index (Phi) is 8.81. The van der Waals surface area contributed by atoms with Crippen molar-refractivity contribution in [2.75, 3.05) is 31.7 Å². The largest absolute Gasteiger partial charge is 0.375 e. The lowest BCUT2D eigenvalue weighted by Crippen LogP contribution is -2.55. The molecule has 0 aliphatic carbocycles. The molecular formula is C30H41N3O3. The molecule has 2 atom stereocenters. The third kappa shape index (κ3) is 5.98. The molecule has 2 aliphatic heterocycles. The second-order valence-corrected chi connectivity index (χ2v) is 10.4. The molecule has 0 radical (unpaired) electrons. The maximum Gasteiger partial charge on any atom is 0.249 e. The molecule has 2 unspecified atom stereocenters. The number of amides is 2. The molecular weight excluding hydrogens is 450 g/mol. The number of methoxy groups -OCH3 is 1. The van der Waals surface area contributed by atoms with Gasteiger partial charge in [0, 0.05) is 57.5 Å². The van der Waals surface area contributed by atoms with Crippen LogP contribution in [-0.2, 0) is 27.4 Å². The lowest BCUT2D eigenvalue weighted by atomic mass is 9.92. The molecule has 0 spiro atoms. The number of hydrogen-bond acceptors (Lipinski definition) is 4. The third-order valence-electron chi connectivity index (χ3n) is 7.74. The Morgan fingerprint density at radius 3 is 2.53 bits per heavy atom. The number of fused-ring (bicyclic) bond motifs is 3. The van der Waals surface area contributed by atoms with Gasteiger partial charge >= 0.3 is 0 Å². The van der Waals surface area contributed by atoms with Crippen LogP contribution in [0, 0.1) is 13.8 Å². The number of hydrogen-bond donors (Lipinski definition) is 0. The van der Waals surface area contributed by atoms with Crippen LogP contribution in [0.3, 0.4) is 0 Å². The van der Waals surface area contributed by atoms with Crippen molar-refractivity contribution in [2.24, 2.45) is 0 Å². The molecule has 194 valence electrons. The zero-order valence-corrected chi connectivity index (χ0v) is 22.3. The van der Waals surface area contributed by atoms with Crippen molar-refractivity contribution < 1.29 is 14.3 Å². The van der Waals surface area contributed by atoms with Crippen molar-refractivity contribution in [2.45, 2.75) is 78.0 Å². The van der Waals surface area contributed by atoms with Crippen molar-refractivity contribution in [1.29, 1.82) is 0 Å². The van der Waals surface area contributed by atoms with E-state index >= 15 is 0 Å². The average molecular weight is 492 g/mol. The average Bonchev–Trinajstić information content (AvgIpc) is 2.87. The molecule has 1 saturated heterocycles. The first-order chi connectivity index (χ1) is 17.4. The number of rotatable bonds is 5. The fourth-order valence-electron chi connectivity index (χ4n) is 5.98. The predicted molar refractivity (Wildman–Crippen MR) is 144 cm³/mol. The van der Waals surface area contributed by atoms with Crippen LogP contribution in [0.1, 0.15) is 61.3 Å². The fourth-order valence-corrected chi connectivity index (χ4v) is 5.98. The number of ether oxygens (including phenoxy) is 1. The number of benzene rings is 2. The number of piperidine rings is 1. The van der Waals surface area contributed by atoms with Crippen LogP contribution in [0.5, 0.6) is 0 Å². The van der Waals surface area contributed by atoms with Gasteiger partial charge < -0.3 is 14.5 Å². The van der Waals surface area contributed by atoms with Gasteiger partial charge in [-0.05, 0) is 62.3 Å². The van der Waals surface area contributed by atoms with Gasteiger partial charge in [-0.25, -0.2) is 0 Å². The highest BCUT2D eigenvalue weighted by Gasteiger charge is 2.36. The number of anilines is 1. The van der Waals surface area contributed by atoms with Gasteiger partial charge in [0.1, 0.15) is 6.61 Å². The zero-order chi connectivity index (χ0) is 25.7. The maximum atomic E-state index is 13.3. The van der Waals surface area contributed by atoms with Crippen LogP contribution in [-0.4, -0.2) is 60.5 Å². The molecule has 0 N–H and O–H groups in total. The van der Waals surface area contributed by atoms with Crippen molar-refractivity contribution in [3.8, 4) is 0 Å². The Labute approximate surface area is 216 Å². The Morgan fingerprint density at radius 1 is 1.00 bits per heavy atom. The molecule has 0 aromatic heterocycles. The molecule has 6 heteroatoms. The monoisotopic (exact) mass is 491 g/mol. The Balaban J connectivity index is 1.76. The van der Waals surface area contributed by atoms with E-state index in [9.17, 15) is 9.59 Å². The minimum atomic E-state index is 0.0591. The summed E-state index contributed by atoms with van der Waals surface area (Å²) in [6, 6.07) is 15.2. The van der Waals surface area contributed by atoms with Crippen LogP contribution < -0.4 is 4.90 Å². The predicted octanol–water partition coefficient (Wildman–Crippen LogP) is 4.85. The molecule has 0 saturated carbocycles. The topological polar surface area (TPSA) is 53.1 Å². The van der Waals surface area contributed by atoms with Gasteiger partial charge in [-0.2, -0.15) is 0 Å². The Hall–Kier alpha value is -2.70. The van der Waals surface area contributed by atoms with Gasteiger partial charge in [0.25, 0.3) is 0 Å². The Morgan fingerprint density at radius 2 is 1.78 bits per heavy atom. The van der Waals surface area contributed by atoms with E-state index in [2.05, 4.69) is 60.0 Å². The highest BCUT2D eigenvalue weighted by Crippen LogP contribution is 2.31. The lowest BCUT2D eigenvalue weighted by molar-refractivity contribution is -0.143. The SMILES string of the molecule is CCC(=O)N1CCC2CCCC(CN(Cc3ccc(C)cc3C)Cc3ccccc31)N2C(=O)COC. The Bertz CT molecular complexity index is 1070. The van der Waals surface area contributed by atoms with Crippen LogP contribution in [0.4, 0.5) is 5.69 Å². The molecule has 2 bridgehead atoms. The first-order valence-corrected chi connectivity index (χ1v) is 13.4. The standard InChI is InChI=1S/C30H41N3O3/c1-5-29(34)32-16-15-26-10-8-11-27(33(26)30(35)21-36-4)20-31(19-25-9-6-7-12-28(25)32)18-24-14-13-22(2)17-23(24)3/h6-7,9,12-14,17,26-27H,5,8,10-11,15-16,18-21H2,1-4H3. The first kappa shape index (κ1) is 26.4. The second-order valence-electron chi connectivity index (χ2n) is 10.4. The van der Waals surface area contributed by atoms with Crippen LogP contribution in [0.15, 0.2) is 42.5 Å². The van der Waals surface area contributed by atoms with Gasteiger partial charge in [-0.3, -0.25) is 14.5 Å². The van der Waals surface area contributed by atoms with E-state index in [1.807, 2.05) is 17.9 Å². The molecule has 2 aromatic rings. The fraction of sp³-hybridized carbons (Fsp3) is 0.533. The van der Waals surface area contributed by atoms with Gasteiger partial charge in [0.15, 0.2) is 0 Å². The molecule has 2 aliphatic rings. The normalized spacial score (nSPS) is 21.0. The maximum absolute atomic E-state index is 13.3. The second kappa shape index (κ2) is 12.0. The summed E-state index contributed by atoms with van der Waals surface area (Å²) in [6.45, 7) is 9.27. The summed E-state index contributed by atoms with van der Waals surface area (Å²) in [4.78, 5) is 33.0. The summed E-state index contributed by atoms with van der Waals surface area (Å²) in [6.07, 6.45) is 4.30. The minimum Gasteiger partial charge on any atom is -0.375 e. The van der Waals surface area contributed by atoms with Crippen LogP contribution in [0.2, 0.25) is 0 Å². The van der Waals surface area contributed by atoms with E-state index in [0.29, 0.717) is 13.0 Å². The van der Waals surface area contributed by atoms with Crippen molar-refractivity contribution in [3.05, 3.63) is 64.7 Å². The van der Waals surface area contributed by atoms with Crippen molar-refractivity contribution in [3.63, 3.8) is 0 Å². The molecule has 4 rings (SSSR count). The summed E-state index contributed by atoms with van der Waals surface area (Å²) in [5.41, 5.74) is 6.02. The summed E-state index contributed by atoms with van der Waals surface area (Å²) < 4.78 is 5.28. The molecule has 2 heterocycles. The van der Waals surface area contributed by atoms with E-state index in [-0.39, 0.29) is 30.5 Å². The quantitative estimate of drug-likeness (QED) is 0.600. The number of para-hydroxylation sites is 1. The zero-order valence-electron chi connectivity index (χ0n) is 22.3. The van der Waals surface area contributed by atoms with Gasteiger partial charge in [-0.1, -0.05) is 48.9 Å². The van der Waals surface area contributed by atoms with E-state index in [1.165, 1.54) is 16.7 Å². The van der Waals surface area contributed by atoms with Gasteiger partial charge in [0.05, 0.1) is 0 Å². The first-order valence-electron chi connectivity index (χ1n) is 13.4. The lowest BCUT2D eigenvalue weighted by Gasteiger charge is -2.44. The van der Waals surface area contributed by atoms with E-state index in [0.717, 1.165) is 56.6 Å². The summed E-state index contributed by atoms with van der Waals surface area (Å²) in [5, 5.41) is 0. The van der Waals surface area contributed by atoms with Crippen LogP contribution in [0.25, 0.3) is 0 Å². The summed E-state index contributed by atoms with van der Waals surface area (Å²) in [5.74, 6) is 0.188. The molecule has 2 aromatic carbocycles. The highest BCUT2D eigenvalue weighted by molar-refractivity contribution is 5.94. The van der Waals surface area contributed by atoms with Crippen molar-refractivity contribution >= 4 is 17.5 Å². The van der Waals surface area contributed by atoms with E-state index in [1.54, 1.807) is 7.11 Å². The summed E-state index contributed by atoms with van der Waals surface area (Å²) >= 11 is 0. The number of nitrogens with zero attached hydrogens (tertiary/aromatic N) is 3. The molecule has 6 nitrogen and oxygen atoms in total. The van der Waals surface area contributed by atoms with Crippen molar-refractivity contribution in [1.82, 2.24) is 9.80 Å². The van der Waals surface area contributed by atoms with E-state index in [4.69, 9.17) is 4.74 Å². The molecule has 36 heavy (non-hydrogen) atoms. The van der Waals surface area contributed by atoms with Gasteiger partial charge in [-0.15, -0.1) is 0 Å². The van der Waals surface area contributed by atoms with E-state index < -0.39 is 0 Å². The number of aryl methyl sites for hydroxylation is 2. The highest BCUT2D eigenvalue weighted by atomic mass is 16.5. The number of carbonyl (C=O) groups excluding carboxylic acids is 2. The van der Waals surface area contributed by atoms with Gasteiger partial charge in [0.2, 0.25) is 11.8 Å². The molecule has 2 amide bonds. The number of carbonyl (C=O) groups is 2. The molecule has 1 fully saturated rings.